The van der Waals surface area contributed by atoms with Gasteiger partial charge in [0.15, 0.2) is 0 Å². The summed E-state index contributed by atoms with van der Waals surface area (Å²) in [6.07, 6.45) is 5.06. The van der Waals surface area contributed by atoms with Gasteiger partial charge >= 0.3 is 0 Å². The Balaban J connectivity index is 1.62. The van der Waals surface area contributed by atoms with Crippen molar-refractivity contribution >= 4 is 5.91 Å². The third-order valence-corrected chi connectivity index (χ3v) is 4.16. The molecule has 2 fully saturated rings. The van der Waals surface area contributed by atoms with Gasteiger partial charge in [0.2, 0.25) is 0 Å². The molecule has 3 nitrogen and oxygen atoms in total. The lowest BCUT2D eigenvalue weighted by molar-refractivity contribution is 0.0940. The summed E-state index contributed by atoms with van der Waals surface area (Å²) in [5.41, 5.74) is 0.0188. The topological polar surface area (TPSA) is 49.3 Å². The second-order valence-corrected chi connectivity index (χ2v) is 5.71. The van der Waals surface area contributed by atoms with Gasteiger partial charge in [-0.25, -0.2) is 4.39 Å². The largest absolute Gasteiger partial charge is 0.507 e. The van der Waals surface area contributed by atoms with Gasteiger partial charge in [0.25, 0.3) is 5.91 Å². The number of benzene rings is 1. The van der Waals surface area contributed by atoms with Crippen LogP contribution in [0, 0.1) is 23.6 Å². The van der Waals surface area contributed by atoms with E-state index < -0.39 is 5.82 Å². The highest BCUT2D eigenvalue weighted by molar-refractivity contribution is 5.96. The lowest BCUT2D eigenvalue weighted by atomic mass is 9.98. The predicted molar refractivity (Wildman–Crippen MR) is 69.3 cm³/mol. The molecule has 0 aromatic heterocycles. The van der Waals surface area contributed by atoms with Gasteiger partial charge < -0.3 is 10.4 Å². The van der Waals surface area contributed by atoms with E-state index in [1.54, 1.807) is 0 Å². The molecule has 0 spiro atoms. The molecule has 0 unspecified atom stereocenters. The Morgan fingerprint density at radius 2 is 1.95 bits per heavy atom. The SMILES string of the molecule is O=C(NCC(C1CC1)C1CC1)c1cc(F)ccc1O. The van der Waals surface area contributed by atoms with Crippen LogP contribution in [-0.4, -0.2) is 17.6 Å². The van der Waals surface area contributed by atoms with Gasteiger partial charge in [-0.3, -0.25) is 4.79 Å². The minimum Gasteiger partial charge on any atom is -0.507 e. The highest BCUT2D eigenvalue weighted by Gasteiger charge is 2.41. The zero-order chi connectivity index (χ0) is 13.4. The first kappa shape index (κ1) is 12.5. The summed E-state index contributed by atoms with van der Waals surface area (Å²) >= 11 is 0. The summed E-state index contributed by atoms with van der Waals surface area (Å²) < 4.78 is 13.1. The number of aromatic hydroxyl groups is 1. The molecular formula is C15H18FNO2. The van der Waals surface area contributed by atoms with Crippen LogP contribution in [-0.2, 0) is 0 Å². The molecule has 102 valence electrons. The first-order valence-electron chi connectivity index (χ1n) is 6.92. The second kappa shape index (κ2) is 4.83. The van der Waals surface area contributed by atoms with E-state index in [1.807, 2.05) is 0 Å². The fourth-order valence-corrected chi connectivity index (χ4v) is 2.76. The molecule has 1 aromatic rings. The quantitative estimate of drug-likeness (QED) is 0.858. The fraction of sp³-hybridized carbons (Fsp3) is 0.533. The number of hydrogen-bond acceptors (Lipinski definition) is 2. The van der Waals surface area contributed by atoms with E-state index in [0.717, 1.165) is 24.0 Å². The number of rotatable bonds is 5. The van der Waals surface area contributed by atoms with E-state index in [1.165, 1.54) is 31.7 Å². The Labute approximate surface area is 111 Å². The monoisotopic (exact) mass is 263 g/mol. The third-order valence-electron chi connectivity index (χ3n) is 4.16. The van der Waals surface area contributed by atoms with Crippen molar-refractivity contribution in [2.45, 2.75) is 25.7 Å². The molecule has 19 heavy (non-hydrogen) atoms. The lowest BCUT2D eigenvalue weighted by Crippen LogP contribution is -2.31. The van der Waals surface area contributed by atoms with Gasteiger partial charge in [-0.05, 0) is 61.6 Å². The molecule has 0 saturated heterocycles. The Kier molecular flexibility index (Phi) is 3.17. The lowest BCUT2D eigenvalue weighted by Gasteiger charge is -2.16. The predicted octanol–water partition coefficient (Wildman–Crippen LogP) is 2.70. The molecule has 0 bridgehead atoms. The maximum absolute atomic E-state index is 13.1. The van der Waals surface area contributed by atoms with E-state index in [2.05, 4.69) is 5.32 Å². The number of carbonyl (C=O) groups excluding carboxylic acids is 1. The van der Waals surface area contributed by atoms with E-state index in [4.69, 9.17) is 0 Å². The summed E-state index contributed by atoms with van der Waals surface area (Å²) in [7, 11) is 0. The van der Waals surface area contributed by atoms with Gasteiger partial charge in [-0.2, -0.15) is 0 Å². The number of carbonyl (C=O) groups is 1. The van der Waals surface area contributed by atoms with Crippen molar-refractivity contribution in [3.8, 4) is 5.75 Å². The van der Waals surface area contributed by atoms with Crippen molar-refractivity contribution in [3.05, 3.63) is 29.6 Å². The molecule has 2 aliphatic rings. The number of halogens is 1. The van der Waals surface area contributed by atoms with E-state index >= 15 is 0 Å². The van der Waals surface area contributed by atoms with Crippen molar-refractivity contribution in [1.82, 2.24) is 5.32 Å². The summed E-state index contributed by atoms with van der Waals surface area (Å²) in [5, 5.41) is 12.4. The van der Waals surface area contributed by atoms with E-state index in [9.17, 15) is 14.3 Å². The first-order valence-corrected chi connectivity index (χ1v) is 6.92. The summed E-state index contributed by atoms with van der Waals surface area (Å²) in [5.74, 6) is 1.02. The maximum Gasteiger partial charge on any atom is 0.255 e. The molecule has 1 amide bonds. The van der Waals surface area contributed by atoms with Crippen molar-refractivity contribution in [1.29, 1.82) is 0 Å². The average molecular weight is 263 g/mol. The molecule has 4 heteroatoms. The molecule has 0 aliphatic heterocycles. The van der Waals surface area contributed by atoms with Crippen molar-refractivity contribution < 1.29 is 14.3 Å². The highest BCUT2D eigenvalue weighted by atomic mass is 19.1. The summed E-state index contributed by atoms with van der Waals surface area (Å²) in [4.78, 5) is 12.0. The molecule has 1 aromatic carbocycles. The van der Waals surface area contributed by atoms with Gasteiger partial charge in [0, 0.05) is 6.54 Å². The van der Waals surface area contributed by atoms with Crippen LogP contribution in [0.1, 0.15) is 36.0 Å². The zero-order valence-corrected chi connectivity index (χ0v) is 10.7. The number of nitrogens with one attached hydrogen (secondary N) is 1. The van der Waals surface area contributed by atoms with Gasteiger partial charge in [0.05, 0.1) is 5.56 Å². The number of phenolic OH excluding ortho intramolecular Hbond substituents is 1. The Bertz CT molecular complexity index is 483. The smallest absolute Gasteiger partial charge is 0.255 e. The minimum absolute atomic E-state index is 0.0188. The van der Waals surface area contributed by atoms with Crippen LogP contribution in [0.4, 0.5) is 4.39 Å². The number of amides is 1. The molecule has 2 saturated carbocycles. The Hall–Kier alpha value is -1.58. The van der Waals surface area contributed by atoms with Crippen molar-refractivity contribution in [2.75, 3.05) is 6.54 Å². The summed E-state index contributed by atoms with van der Waals surface area (Å²) in [6.45, 7) is 0.643. The van der Waals surface area contributed by atoms with Crippen LogP contribution in [0.15, 0.2) is 18.2 Å². The van der Waals surface area contributed by atoms with E-state index in [-0.39, 0.29) is 17.2 Å². The standard InChI is InChI=1S/C15H18FNO2/c16-11-5-6-14(18)12(7-11)15(19)17-8-13(9-1-2-9)10-3-4-10/h5-7,9-10,13,18H,1-4,8H2,(H,17,19). The fourth-order valence-electron chi connectivity index (χ4n) is 2.76. The number of phenols is 1. The molecule has 2 aliphatic carbocycles. The molecule has 0 heterocycles. The van der Waals surface area contributed by atoms with Gasteiger partial charge in [0.1, 0.15) is 11.6 Å². The Morgan fingerprint density at radius 1 is 1.32 bits per heavy atom. The van der Waals surface area contributed by atoms with Crippen LogP contribution in [0.3, 0.4) is 0 Å². The van der Waals surface area contributed by atoms with E-state index in [0.29, 0.717) is 12.5 Å². The van der Waals surface area contributed by atoms with Crippen LogP contribution in [0.5, 0.6) is 5.75 Å². The maximum atomic E-state index is 13.1. The van der Waals surface area contributed by atoms with Gasteiger partial charge in [-0.1, -0.05) is 0 Å². The average Bonchev–Trinajstić information content (AvgIpc) is 3.25. The Morgan fingerprint density at radius 3 is 2.53 bits per heavy atom. The van der Waals surface area contributed by atoms with Gasteiger partial charge in [-0.15, -0.1) is 0 Å². The number of hydrogen-bond donors (Lipinski definition) is 2. The first-order chi connectivity index (χ1) is 9.15. The second-order valence-electron chi connectivity index (χ2n) is 5.71. The van der Waals surface area contributed by atoms with Crippen LogP contribution in [0.2, 0.25) is 0 Å². The third kappa shape index (κ3) is 2.88. The molecule has 0 atom stereocenters. The molecule has 2 N–H and O–H groups in total. The molecule has 0 radical (unpaired) electrons. The minimum atomic E-state index is -0.510. The van der Waals surface area contributed by atoms with Crippen LogP contribution < -0.4 is 5.32 Å². The summed E-state index contributed by atoms with van der Waals surface area (Å²) in [6, 6.07) is 3.43. The van der Waals surface area contributed by atoms with Crippen molar-refractivity contribution in [3.63, 3.8) is 0 Å². The molecule has 3 rings (SSSR count). The normalized spacial score (nSPS) is 18.6. The van der Waals surface area contributed by atoms with Crippen LogP contribution in [0.25, 0.3) is 0 Å². The highest BCUT2D eigenvalue weighted by Crippen LogP contribution is 2.48. The molecular weight excluding hydrogens is 245 g/mol. The zero-order valence-electron chi connectivity index (χ0n) is 10.7. The van der Waals surface area contributed by atoms with Crippen molar-refractivity contribution in [2.24, 2.45) is 17.8 Å². The van der Waals surface area contributed by atoms with Crippen LogP contribution >= 0.6 is 0 Å².